The lowest BCUT2D eigenvalue weighted by Gasteiger charge is -2.11. The summed E-state index contributed by atoms with van der Waals surface area (Å²) in [6, 6.07) is 17.6. The zero-order valence-corrected chi connectivity index (χ0v) is 18.5. The number of hydrogen-bond donors (Lipinski definition) is 2. The molecule has 0 atom stereocenters. The van der Waals surface area contributed by atoms with Gasteiger partial charge in [0, 0.05) is 43.5 Å². The molecule has 0 aliphatic carbocycles. The van der Waals surface area contributed by atoms with E-state index >= 15 is 0 Å². The topological polar surface area (TPSA) is 87.3 Å². The lowest BCUT2D eigenvalue weighted by Crippen LogP contribution is -2.12. The van der Waals surface area contributed by atoms with Gasteiger partial charge in [-0.25, -0.2) is 4.98 Å². The molecule has 0 fully saturated rings. The van der Waals surface area contributed by atoms with Crippen LogP contribution in [0.2, 0.25) is 5.02 Å². The Labute approximate surface area is 190 Å². The van der Waals surface area contributed by atoms with E-state index in [2.05, 4.69) is 15.3 Å². The second-order valence-corrected chi connectivity index (χ2v) is 7.86. The van der Waals surface area contributed by atoms with Crippen LogP contribution in [0.15, 0.2) is 60.7 Å². The average molecular weight is 449 g/mol. The molecule has 0 aliphatic rings. The second kappa shape index (κ2) is 8.72. The van der Waals surface area contributed by atoms with E-state index in [0.29, 0.717) is 33.4 Å². The number of hydrogen-bond acceptors (Lipinski definition) is 5. The minimum atomic E-state index is -0.451. The molecule has 0 bridgehead atoms. The molecule has 0 unspecified atom stereocenters. The summed E-state index contributed by atoms with van der Waals surface area (Å²) in [4.78, 5) is 33.8. The van der Waals surface area contributed by atoms with Crippen LogP contribution >= 0.6 is 11.6 Å². The molecule has 7 nitrogen and oxygen atoms in total. The highest BCUT2D eigenvalue weighted by Crippen LogP contribution is 2.31. The number of esters is 1. The highest BCUT2D eigenvalue weighted by atomic mass is 35.5. The summed E-state index contributed by atoms with van der Waals surface area (Å²) in [6.07, 6.45) is 0. The van der Waals surface area contributed by atoms with Crippen molar-refractivity contribution in [2.45, 2.75) is 6.92 Å². The Balaban J connectivity index is 1.61. The highest BCUT2D eigenvalue weighted by Gasteiger charge is 2.13. The van der Waals surface area contributed by atoms with Crippen molar-refractivity contribution < 1.29 is 14.3 Å². The van der Waals surface area contributed by atoms with Crippen molar-refractivity contribution in [2.24, 2.45) is 0 Å². The van der Waals surface area contributed by atoms with Crippen molar-refractivity contribution in [1.29, 1.82) is 0 Å². The van der Waals surface area contributed by atoms with E-state index in [9.17, 15) is 9.59 Å². The third-order valence-corrected chi connectivity index (χ3v) is 5.15. The molecule has 0 saturated carbocycles. The van der Waals surface area contributed by atoms with Gasteiger partial charge in [0.2, 0.25) is 0 Å². The number of halogens is 1. The van der Waals surface area contributed by atoms with Gasteiger partial charge in [-0.15, -0.1) is 0 Å². The number of aromatic nitrogens is 2. The van der Waals surface area contributed by atoms with Gasteiger partial charge in [0.05, 0.1) is 16.1 Å². The van der Waals surface area contributed by atoms with E-state index in [-0.39, 0.29) is 5.91 Å². The molecule has 3 aromatic carbocycles. The molecule has 2 N–H and O–H groups in total. The third-order valence-electron chi connectivity index (χ3n) is 4.82. The summed E-state index contributed by atoms with van der Waals surface area (Å²) >= 11 is 6.43. The van der Waals surface area contributed by atoms with Crippen LogP contribution in [0.1, 0.15) is 17.3 Å². The maximum atomic E-state index is 12.7. The smallest absolute Gasteiger partial charge is 0.308 e. The van der Waals surface area contributed by atoms with Gasteiger partial charge in [-0.3, -0.25) is 9.59 Å². The van der Waals surface area contributed by atoms with E-state index in [1.54, 1.807) is 36.4 Å². The number of carbonyl (C=O) groups excluding carboxylic acids is 2. The van der Waals surface area contributed by atoms with E-state index < -0.39 is 5.97 Å². The molecule has 8 heteroatoms. The molecular weight excluding hydrogens is 428 g/mol. The summed E-state index contributed by atoms with van der Waals surface area (Å²) in [5, 5.41) is 3.35. The maximum Gasteiger partial charge on any atom is 0.308 e. The minimum absolute atomic E-state index is 0.307. The van der Waals surface area contributed by atoms with Crippen LogP contribution in [-0.4, -0.2) is 35.9 Å². The van der Waals surface area contributed by atoms with E-state index in [1.807, 2.05) is 37.2 Å². The number of aromatic amines is 1. The Morgan fingerprint density at radius 1 is 1.06 bits per heavy atom. The standard InChI is InChI=1S/C24H21ClN4O3/c1-14(30)32-18-6-4-5-15(11-18)24(31)26-16-7-9-20(25)19(12-16)23-27-21-10-8-17(29(2)3)13-22(21)28-23/h4-13H,1-3H3,(H,26,31)(H,27,28). The zero-order valence-electron chi connectivity index (χ0n) is 17.8. The van der Waals surface area contributed by atoms with Gasteiger partial charge in [0.25, 0.3) is 5.91 Å². The zero-order chi connectivity index (χ0) is 22.8. The molecule has 1 aromatic heterocycles. The lowest BCUT2D eigenvalue weighted by atomic mass is 10.1. The summed E-state index contributed by atoms with van der Waals surface area (Å²) in [6.45, 7) is 1.31. The van der Waals surface area contributed by atoms with Gasteiger partial charge >= 0.3 is 5.97 Å². The number of ether oxygens (including phenoxy) is 1. The molecule has 0 radical (unpaired) electrons. The van der Waals surface area contributed by atoms with Crippen LogP contribution in [0, 0.1) is 0 Å². The van der Waals surface area contributed by atoms with Crippen molar-refractivity contribution in [3.8, 4) is 17.1 Å². The fraction of sp³-hybridized carbons (Fsp3) is 0.125. The first-order valence-corrected chi connectivity index (χ1v) is 10.2. The van der Waals surface area contributed by atoms with Crippen molar-refractivity contribution >= 4 is 45.9 Å². The van der Waals surface area contributed by atoms with Crippen LogP contribution in [-0.2, 0) is 4.79 Å². The second-order valence-electron chi connectivity index (χ2n) is 7.45. The number of imidazole rings is 1. The van der Waals surface area contributed by atoms with E-state index in [0.717, 1.165) is 16.7 Å². The first kappa shape index (κ1) is 21.4. The number of nitrogens with one attached hydrogen (secondary N) is 2. The third kappa shape index (κ3) is 4.58. The Morgan fingerprint density at radius 3 is 2.62 bits per heavy atom. The fourth-order valence-corrected chi connectivity index (χ4v) is 3.46. The SMILES string of the molecule is CC(=O)Oc1cccc(C(=O)Nc2ccc(Cl)c(-c3nc4cc(N(C)C)ccc4[nH]3)c2)c1. The minimum Gasteiger partial charge on any atom is -0.427 e. The molecule has 162 valence electrons. The van der Waals surface area contributed by atoms with Gasteiger partial charge in [-0.1, -0.05) is 17.7 Å². The summed E-state index contributed by atoms with van der Waals surface area (Å²) in [7, 11) is 3.94. The van der Waals surface area contributed by atoms with E-state index in [4.69, 9.17) is 16.3 Å². The molecule has 4 aromatic rings. The first-order chi connectivity index (χ1) is 15.3. The number of anilines is 2. The maximum absolute atomic E-state index is 12.7. The summed E-state index contributed by atoms with van der Waals surface area (Å²) in [5.74, 6) is 0.121. The largest absolute Gasteiger partial charge is 0.427 e. The van der Waals surface area contributed by atoms with Crippen LogP contribution in [0.25, 0.3) is 22.4 Å². The Bertz CT molecular complexity index is 1330. The number of benzene rings is 3. The fourth-order valence-electron chi connectivity index (χ4n) is 3.25. The Kier molecular flexibility index (Phi) is 5.83. The number of amides is 1. The van der Waals surface area contributed by atoms with E-state index in [1.165, 1.54) is 13.0 Å². The van der Waals surface area contributed by atoms with Crippen molar-refractivity contribution in [3.63, 3.8) is 0 Å². The Hall–Kier alpha value is -3.84. The van der Waals surface area contributed by atoms with Crippen LogP contribution in [0.3, 0.4) is 0 Å². The molecule has 1 amide bonds. The summed E-state index contributed by atoms with van der Waals surface area (Å²) in [5.41, 5.74) is 4.33. The molecular formula is C24H21ClN4O3. The lowest BCUT2D eigenvalue weighted by molar-refractivity contribution is -0.131. The average Bonchev–Trinajstić information content (AvgIpc) is 3.18. The predicted octanol–water partition coefficient (Wildman–Crippen LogP) is 5.13. The molecule has 4 rings (SSSR count). The van der Waals surface area contributed by atoms with Crippen molar-refractivity contribution in [1.82, 2.24) is 9.97 Å². The number of fused-ring (bicyclic) bond motifs is 1. The number of H-pyrrole nitrogens is 1. The monoisotopic (exact) mass is 448 g/mol. The van der Waals surface area contributed by atoms with Crippen LogP contribution in [0.5, 0.6) is 5.75 Å². The molecule has 32 heavy (non-hydrogen) atoms. The predicted molar refractivity (Wildman–Crippen MR) is 127 cm³/mol. The van der Waals surface area contributed by atoms with Crippen molar-refractivity contribution in [2.75, 3.05) is 24.3 Å². The number of carbonyl (C=O) groups is 2. The van der Waals surface area contributed by atoms with Gasteiger partial charge in [-0.05, 0) is 54.6 Å². The molecule has 0 saturated heterocycles. The number of nitrogens with zero attached hydrogens (tertiary/aromatic N) is 2. The summed E-state index contributed by atoms with van der Waals surface area (Å²) < 4.78 is 5.05. The van der Waals surface area contributed by atoms with Crippen molar-refractivity contribution in [3.05, 3.63) is 71.2 Å². The normalized spacial score (nSPS) is 10.8. The van der Waals surface area contributed by atoms with Crippen LogP contribution in [0.4, 0.5) is 11.4 Å². The van der Waals surface area contributed by atoms with Gasteiger partial charge in [-0.2, -0.15) is 0 Å². The molecule has 0 spiro atoms. The van der Waals surface area contributed by atoms with Gasteiger partial charge in [0.15, 0.2) is 0 Å². The Morgan fingerprint density at radius 2 is 1.88 bits per heavy atom. The van der Waals surface area contributed by atoms with Gasteiger partial charge < -0.3 is 19.9 Å². The van der Waals surface area contributed by atoms with Gasteiger partial charge in [0.1, 0.15) is 11.6 Å². The number of rotatable bonds is 5. The van der Waals surface area contributed by atoms with Crippen LogP contribution < -0.4 is 15.0 Å². The quantitative estimate of drug-likeness (QED) is 0.326. The molecule has 0 aliphatic heterocycles. The highest BCUT2D eigenvalue weighted by molar-refractivity contribution is 6.33. The first-order valence-electron chi connectivity index (χ1n) is 9.87. The molecule has 1 heterocycles.